The summed E-state index contributed by atoms with van der Waals surface area (Å²) >= 11 is 12.0. The van der Waals surface area contributed by atoms with Crippen LogP contribution in [-0.4, -0.2) is 21.9 Å². The molecule has 1 heterocycles. The molecule has 1 fully saturated rings. The molecule has 1 aromatic heterocycles. The van der Waals surface area contributed by atoms with E-state index in [0.29, 0.717) is 27.7 Å². The van der Waals surface area contributed by atoms with E-state index in [1.807, 2.05) is 0 Å². The molecule has 2 N–H and O–H groups in total. The zero-order chi connectivity index (χ0) is 14.8. The molecule has 108 valence electrons. The lowest BCUT2D eigenvalue weighted by molar-refractivity contribution is 0.102. The van der Waals surface area contributed by atoms with Crippen LogP contribution in [-0.2, 0) is 0 Å². The van der Waals surface area contributed by atoms with Gasteiger partial charge in [0.25, 0.3) is 5.91 Å². The molecule has 1 amide bonds. The fourth-order valence-corrected chi connectivity index (χ4v) is 2.10. The van der Waals surface area contributed by atoms with Gasteiger partial charge in [-0.15, -0.1) is 0 Å². The summed E-state index contributed by atoms with van der Waals surface area (Å²) in [5.74, 6) is 0.0998. The molecule has 1 saturated carbocycles. The van der Waals surface area contributed by atoms with Gasteiger partial charge < -0.3 is 10.6 Å². The number of nitrogens with zero attached hydrogens (tertiary/aromatic N) is 2. The maximum atomic E-state index is 12.2. The van der Waals surface area contributed by atoms with Crippen LogP contribution in [0.2, 0.25) is 10.0 Å². The van der Waals surface area contributed by atoms with Crippen LogP contribution in [0.25, 0.3) is 0 Å². The van der Waals surface area contributed by atoms with Gasteiger partial charge in [0.05, 0.1) is 15.7 Å². The van der Waals surface area contributed by atoms with Crippen molar-refractivity contribution in [2.45, 2.75) is 18.9 Å². The maximum absolute atomic E-state index is 12.2. The zero-order valence-electron chi connectivity index (χ0n) is 10.9. The van der Waals surface area contributed by atoms with Crippen LogP contribution in [0.3, 0.4) is 0 Å². The smallest absolute Gasteiger partial charge is 0.274 e. The average molecular weight is 323 g/mol. The van der Waals surface area contributed by atoms with Gasteiger partial charge in [0.2, 0.25) is 5.95 Å². The highest BCUT2D eigenvalue weighted by atomic mass is 35.5. The van der Waals surface area contributed by atoms with Crippen LogP contribution in [0, 0.1) is 0 Å². The van der Waals surface area contributed by atoms with Crippen LogP contribution >= 0.6 is 23.2 Å². The number of carbonyl (C=O) groups is 1. The second-order valence-corrected chi connectivity index (χ2v) is 5.52. The molecular formula is C14H12Cl2N4O. The molecule has 0 unspecified atom stereocenters. The monoisotopic (exact) mass is 322 g/mol. The third-order valence-corrected chi connectivity index (χ3v) is 3.82. The molecule has 0 atom stereocenters. The molecule has 0 bridgehead atoms. The first-order valence-electron chi connectivity index (χ1n) is 6.48. The molecule has 1 aromatic carbocycles. The van der Waals surface area contributed by atoms with Crippen LogP contribution < -0.4 is 10.6 Å². The van der Waals surface area contributed by atoms with E-state index in [9.17, 15) is 4.79 Å². The minimum absolute atomic E-state index is 0.268. The van der Waals surface area contributed by atoms with Gasteiger partial charge in [0.15, 0.2) is 0 Å². The number of carbonyl (C=O) groups excluding carboxylic acids is 1. The molecule has 21 heavy (non-hydrogen) atoms. The Morgan fingerprint density at radius 1 is 1.24 bits per heavy atom. The first-order chi connectivity index (χ1) is 10.1. The minimum Gasteiger partial charge on any atom is -0.351 e. The summed E-state index contributed by atoms with van der Waals surface area (Å²) in [6.45, 7) is 0. The Kier molecular flexibility index (Phi) is 3.94. The van der Waals surface area contributed by atoms with E-state index in [4.69, 9.17) is 23.2 Å². The first-order valence-corrected chi connectivity index (χ1v) is 7.24. The molecule has 1 aliphatic carbocycles. The Hall–Kier alpha value is -1.85. The van der Waals surface area contributed by atoms with Crippen molar-refractivity contribution < 1.29 is 4.79 Å². The summed E-state index contributed by atoms with van der Waals surface area (Å²) in [6.07, 6.45) is 3.77. The largest absolute Gasteiger partial charge is 0.351 e. The lowest BCUT2D eigenvalue weighted by atomic mass is 10.3. The number of anilines is 2. The van der Waals surface area contributed by atoms with Gasteiger partial charge in [0, 0.05) is 12.2 Å². The van der Waals surface area contributed by atoms with Crippen molar-refractivity contribution in [2.24, 2.45) is 0 Å². The summed E-state index contributed by atoms with van der Waals surface area (Å²) in [6, 6.07) is 7.01. The Morgan fingerprint density at radius 2 is 2.05 bits per heavy atom. The number of amides is 1. The van der Waals surface area contributed by atoms with E-state index in [-0.39, 0.29) is 11.6 Å². The highest BCUT2D eigenvalue weighted by Gasteiger charge is 2.22. The molecule has 1 aliphatic rings. The molecular weight excluding hydrogens is 311 g/mol. The molecule has 0 saturated heterocycles. The van der Waals surface area contributed by atoms with Crippen LogP contribution in [0.5, 0.6) is 0 Å². The van der Waals surface area contributed by atoms with Gasteiger partial charge in [-0.05, 0) is 31.0 Å². The zero-order valence-corrected chi connectivity index (χ0v) is 12.4. The van der Waals surface area contributed by atoms with Crippen molar-refractivity contribution in [1.82, 2.24) is 9.97 Å². The third kappa shape index (κ3) is 3.43. The first kappa shape index (κ1) is 14.1. The second kappa shape index (κ2) is 5.87. The van der Waals surface area contributed by atoms with E-state index in [0.717, 1.165) is 12.8 Å². The van der Waals surface area contributed by atoms with Crippen molar-refractivity contribution in [1.29, 1.82) is 0 Å². The summed E-state index contributed by atoms with van der Waals surface area (Å²) in [4.78, 5) is 20.5. The fraction of sp³-hybridized carbons (Fsp3) is 0.214. The number of benzene rings is 1. The van der Waals surface area contributed by atoms with Gasteiger partial charge in [-0.3, -0.25) is 4.79 Å². The normalized spacial score (nSPS) is 13.8. The Morgan fingerprint density at radius 3 is 2.81 bits per heavy atom. The average Bonchev–Trinajstić information content (AvgIpc) is 3.28. The Balaban J connectivity index is 1.76. The predicted octanol–water partition coefficient (Wildman–Crippen LogP) is 3.61. The van der Waals surface area contributed by atoms with Crippen molar-refractivity contribution in [2.75, 3.05) is 10.6 Å². The topological polar surface area (TPSA) is 66.9 Å². The summed E-state index contributed by atoms with van der Waals surface area (Å²) in [5.41, 5.74) is 0.716. The molecule has 7 heteroatoms. The van der Waals surface area contributed by atoms with E-state index in [1.165, 1.54) is 0 Å². The van der Waals surface area contributed by atoms with Gasteiger partial charge in [0.1, 0.15) is 5.69 Å². The van der Waals surface area contributed by atoms with Gasteiger partial charge in [-0.25, -0.2) is 9.97 Å². The molecule has 3 rings (SSSR count). The molecule has 0 aliphatic heterocycles. The van der Waals surface area contributed by atoms with Crippen LogP contribution in [0.1, 0.15) is 23.3 Å². The van der Waals surface area contributed by atoms with Crippen LogP contribution in [0.15, 0.2) is 30.5 Å². The molecule has 0 spiro atoms. The minimum atomic E-state index is -0.361. The highest BCUT2D eigenvalue weighted by Crippen LogP contribution is 2.29. The van der Waals surface area contributed by atoms with E-state index < -0.39 is 0 Å². The lowest BCUT2D eigenvalue weighted by Crippen LogP contribution is -2.16. The molecule has 0 radical (unpaired) electrons. The Labute approximate surface area is 131 Å². The van der Waals surface area contributed by atoms with Crippen molar-refractivity contribution in [3.8, 4) is 0 Å². The van der Waals surface area contributed by atoms with Crippen molar-refractivity contribution in [3.05, 3.63) is 46.2 Å². The van der Waals surface area contributed by atoms with E-state index in [1.54, 1.807) is 30.5 Å². The number of rotatable bonds is 4. The number of nitrogens with one attached hydrogen (secondary N) is 2. The highest BCUT2D eigenvalue weighted by molar-refractivity contribution is 6.44. The van der Waals surface area contributed by atoms with E-state index >= 15 is 0 Å². The van der Waals surface area contributed by atoms with Crippen molar-refractivity contribution >= 4 is 40.7 Å². The van der Waals surface area contributed by atoms with Gasteiger partial charge in [-0.1, -0.05) is 29.3 Å². The fourth-order valence-electron chi connectivity index (χ4n) is 1.75. The number of aromatic nitrogens is 2. The SMILES string of the molecule is O=C(Nc1cccc(Cl)c1Cl)c1ccnc(NC2CC2)n1. The number of halogens is 2. The van der Waals surface area contributed by atoms with Gasteiger partial charge in [-0.2, -0.15) is 0 Å². The summed E-state index contributed by atoms with van der Waals surface area (Å²) < 4.78 is 0. The lowest BCUT2D eigenvalue weighted by Gasteiger charge is -2.08. The quantitative estimate of drug-likeness (QED) is 0.902. The number of hydrogen-bond donors (Lipinski definition) is 2. The third-order valence-electron chi connectivity index (χ3n) is 3.00. The summed E-state index contributed by atoms with van der Waals surface area (Å²) in [5, 5.41) is 6.52. The van der Waals surface area contributed by atoms with Crippen molar-refractivity contribution in [3.63, 3.8) is 0 Å². The summed E-state index contributed by atoms with van der Waals surface area (Å²) in [7, 11) is 0. The Bertz CT molecular complexity index is 688. The number of hydrogen-bond acceptors (Lipinski definition) is 4. The standard InChI is InChI=1S/C14H12Cl2N4O/c15-9-2-1-3-10(12(9)16)19-13(21)11-6-7-17-14(20-11)18-8-4-5-8/h1-3,6-8H,4-5H2,(H,19,21)(H,17,18,20). The van der Waals surface area contributed by atoms with Gasteiger partial charge >= 0.3 is 0 Å². The molecule has 2 aromatic rings. The molecule has 5 nitrogen and oxygen atoms in total. The van der Waals surface area contributed by atoms with E-state index in [2.05, 4.69) is 20.6 Å². The maximum Gasteiger partial charge on any atom is 0.274 e. The predicted molar refractivity (Wildman–Crippen MR) is 83.1 cm³/mol. The second-order valence-electron chi connectivity index (χ2n) is 4.74. The van der Waals surface area contributed by atoms with Crippen LogP contribution in [0.4, 0.5) is 11.6 Å².